The molecule has 2 aromatic carbocycles. The summed E-state index contributed by atoms with van der Waals surface area (Å²) in [4.78, 5) is 19.1. The lowest BCUT2D eigenvalue weighted by molar-refractivity contribution is -0.114. The van der Waals surface area contributed by atoms with E-state index in [0.717, 1.165) is 0 Å². The molecule has 0 aliphatic carbocycles. The van der Waals surface area contributed by atoms with Crippen molar-refractivity contribution < 1.29 is 22.3 Å². The number of benzene rings is 2. The van der Waals surface area contributed by atoms with Crippen LogP contribution >= 0.6 is 23.4 Å². The van der Waals surface area contributed by atoms with Gasteiger partial charge in [-0.15, -0.1) is 0 Å². The summed E-state index contributed by atoms with van der Waals surface area (Å²) in [6.07, 6.45) is 0. The molecule has 2 aromatic rings. The smallest absolute Gasteiger partial charge is 0.244 e. The monoisotopic (exact) mass is 483 g/mol. The Balaban J connectivity index is 1.56. The molecule has 1 saturated heterocycles. The van der Waals surface area contributed by atoms with Gasteiger partial charge in [-0.2, -0.15) is 0 Å². The Hall–Kier alpha value is -2.30. The summed E-state index contributed by atoms with van der Waals surface area (Å²) < 4.78 is 42.3. The average Bonchev–Trinajstić information content (AvgIpc) is 3.22. The molecule has 7 nitrogen and oxygen atoms in total. The number of halogens is 2. The Labute approximate surface area is 188 Å². The van der Waals surface area contributed by atoms with E-state index in [-0.39, 0.29) is 40.3 Å². The van der Waals surface area contributed by atoms with Crippen molar-refractivity contribution >= 4 is 55.6 Å². The Bertz CT molecular complexity index is 1140. The summed E-state index contributed by atoms with van der Waals surface area (Å²) in [5.74, 6) is -0.168. The van der Waals surface area contributed by atoms with Crippen molar-refractivity contribution in [1.29, 1.82) is 0 Å². The number of anilines is 2. The van der Waals surface area contributed by atoms with Crippen LogP contribution in [0.15, 0.2) is 47.5 Å². The summed E-state index contributed by atoms with van der Waals surface area (Å²) in [5, 5.41) is 3.05. The van der Waals surface area contributed by atoms with Crippen LogP contribution in [-0.2, 0) is 14.6 Å². The van der Waals surface area contributed by atoms with Crippen LogP contribution in [-0.4, -0.2) is 55.9 Å². The number of carbonyl (C=O) groups is 1. The van der Waals surface area contributed by atoms with Gasteiger partial charge in [0.25, 0.3) is 0 Å². The third kappa shape index (κ3) is 4.97. The number of amides is 1. The van der Waals surface area contributed by atoms with Crippen molar-refractivity contribution in [2.24, 2.45) is 4.99 Å². The number of hydrogen-bond acceptors (Lipinski definition) is 7. The van der Waals surface area contributed by atoms with Crippen LogP contribution in [0.5, 0.6) is 5.75 Å². The van der Waals surface area contributed by atoms with Gasteiger partial charge < -0.3 is 15.0 Å². The minimum Gasteiger partial charge on any atom is -0.497 e. The molecule has 164 valence electrons. The third-order valence-corrected chi connectivity index (χ3v) is 8.46. The van der Waals surface area contributed by atoms with Gasteiger partial charge in [0.1, 0.15) is 18.1 Å². The Morgan fingerprint density at radius 1 is 1.29 bits per heavy atom. The van der Waals surface area contributed by atoms with E-state index in [9.17, 15) is 17.6 Å². The van der Waals surface area contributed by atoms with Gasteiger partial charge in [-0.1, -0.05) is 23.4 Å². The quantitative estimate of drug-likeness (QED) is 0.702. The van der Waals surface area contributed by atoms with Gasteiger partial charge >= 0.3 is 0 Å². The molecular formula is C20H19ClFN3O4S2. The molecular weight excluding hydrogens is 465 g/mol. The minimum absolute atomic E-state index is 0.0187. The fourth-order valence-electron chi connectivity index (χ4n) is 3.42. The average molecular weight is 484 g/mol. The molecule has 2 aliphatic heterocycles. The van der Waals surface area contributed by atoms with Gasteiger partial charge in [-0.05, 0) is 42.5 Å². The highest BCUT2D eigenvalue weighted by molar-refractivity contribution is 8.15. The van der Waals surface area contributed by atoms with Gasteiger partial charge in [0.15, 0.2) is 15.0 Å². The number of carbonyl (C=O) groups excluding carboxylic acids is 1. The van der Waals surface area contributed by atoms with Crippen LogP contribution < -0.4 is 15.0 Å². The molecule has 1 amide bonds. The Morgan fingerprint density at radius 3 is 2.68 bits per heavy atom. The largest absolute Gasteiger partial charge is 0.497 e. The van der Waals surface area contributed by atoms with Crippen molar-refractivity contribution in [2.45, 2.75) is 11.3 Å². The first-order valence-electron chi connectivity index (χ1n) is 9.35. The van der Waals surface area contributed by atoms with E-state index in [1.165, 1.54) is 30.0 Å². The number of thioether (sulfide) groups is 1. The topological polar surface area (TPSA) is 88.1 Å². The van der Waals surface area contributed by atoms with Gasteiger partial charge in [0.05, 0.1) is 29.7 Å². The van der Waals surface area contributed by atoms with Crippen LogP contribution in [0.25, 0.3) is 0 Å². The number of rotatable bonds is 5. The molecule has 2 heterocycles. The molecule has 4 rings (SSSR count). The van der Waals surface area contributed by atoms with E-state index < -0.39 is 15.7 Å². The minimum atomic E-state index is -3.09. The number of amidine groups is 1. The number of sulfone groups is 1. The van der Waals surface area contributed by atoms with E-state index in [0.29, 0.717) is 22.3 Å². The first kappa shape index (κ1) is 21.9. The molecule has 1 fully saturated rings. The van der Waals surface area contributed by atoms with Crippen molar-refractivity contribution in [2.75, 3.05) is 35.4 Å². The summed E-state index contributed by atoms with van der Waals surface area (Å²) in [6, 6.07) is 10.8. The molecule has 0 radical (unpaired) electrons. The van der Waals surface area contributed by atoms with Crippen LogP contribution in [0.4, 0.5) is 15.8 Å². The zero-order chi connectivity index (χ0) is 22.2. The Morgan fingerprint density at radius 2 is 2.03 bits per heavy atom. The van der Waals surface area contributed by atoms with Crippen molar-refractivity contribution in [1.82, 2.24) is 0 Å². The highest BCUT2D eigenvalue weighted by Gasteiger charge is 2.44. The first-order chi connectivity index (χ1) is 14.7. The summed E-state index contributed by atoms with van der Waals surface area (Å²) in [6.45, 7) is -0.0701. The molecule has 0 saturated carbocycles. The third-order valence-electron chi connectivity index (χ3n) is 4.93. The SMILES string of the molecule is COc1ccc(N(CC(=O)Nc2ccc(F)c(Cl)c2)C2=N[C@@H]3CS(=O)(=O)C[C@@H]3S2)cc1. The fraction of sp³-hybridized carbons (Fsp3) is 0.300. The number of nitrogens with one attached hydrogen (secondary N) is 1. The van der Waals surface area contributed by atoms with Crippen LogP contribution in [0.1, 0.15) is 0 Å². The van der Waals surface area contributed by atoms with E-state index in [1.807, 2.05) is 0 Å². The number of nitrogens with zero attached hydrogens (tertiary/aromatic N) is 2. The van der Waals surface area contributed by atoms with Crippen molar-refractivity contribution in [3.63, 3.8) is 0 Å². The molecule has 1 N–H and O–H groups in total. The van der Waals surface area contributed by atoms with Gasteiger partial charge in [0, 0.05) is 16.6 Å². The fourth-order valence-corrected chi connectivity index (χ4v) is 7.38. The summed E-state index contributed by atoms with van der Waals surface area (Å²) >= 11 is 7.15. The predicted octanol–water partition coefficient (Wildman–Crippen LogP) is 3.20. The van der Waals surface area contributed by atoms with Crippen LogP contribution in [0, 0.1) is 5.82 Å². The normalized spacial score (nSPS) is 21.3. The van der Waals surface area contributed by atoms with E-state index in [1.54, 1.807) is 36.3 Å². The highest BCUT2D eigenvalue weighted by atomic mass is 35.5. The Kier molecular flexibility index (Phi) is 6.14. The van der Waals surface area contributed by atoms with E-state index >= 15 is 0 Å². The number of ether oxygens (including phenoxy) is 1. The second kappa shape index (κ2) is 8.68. The van der Waals surface area contributed by atoms with Gasteiger partial charge in [0.2, 0.25) is 5.91 Å². The van der Waals surface area contributed by atoms with Crippen molar-refractivity contribution in [3.8, 4) is 5.75 Å². The molecule has 0 aromatic heterocycles. The molecule has 11 heteroatoms. The van der Waals surface area contributed by atoms with Gasteiger partial charge in [-0.25, -0.2) is 12.8 Å². The van der Waals surface area contributed by atoms with Gasteiger partial charge in [-0.3, -0.25) is 9.79 Å². The molecule has 2 atom stereocenters. The van der Waals surface area contributed by atoms with E-state index in [2.05, 4.69) is 10.3 Å². The van der Waals surface area contributed by atoms with Crippen molar-refractivity contribution in [3.05, 3.63) is 53.3 Å². The highest BCUT2D eigenvalue weighted by Crippen LogP contribution is 2.37. The molecule has 2 aliphatic rings. The predicted molar refractivity (Wildman–Crippen MR) is 122 cm³/mol. The summed E-state index contributed by atoms with van der Waals surface area (Å²) in [7, 11) is -1.52. The van der Waals surface area contributed by atoms with E-state index in [4.69, 9.17) is 16.3 Å². The second-order valence-corrected chi connectivity index (χ2v) is 10.9. The lowest BCUT2D eigenvalue weighted by atomic mass is 10.2. The zero-order valence-corrected chi connectivity index (χ0v) is 18.8. The molecule has 0 bridgehead atoms. The number of methoxy groups -OCH3 is 1. The number of hydrogen-bond donors (Lipinski definition) is 1. The maximum atomic E-state index is 13.4. The first-order valence-corrected chi connectivity index (χ1v) is 12.4. The second-order valence-electron chi connectivity index (χ2n) is 7.17. The number of aliphatic imine (C=N–C) groups is 1. The molecule has 0 spiro atoms. The maximum Gasteiger partial charge on any atom is 0.244 e. The summed E-state index contributed by atoms with van der Waals surface area (Å²) in [5.41, 5.74) is 1.08. The maximum absolute atomic E-state index is 13.4. The van der Waals surface area contributed by atoms with Crippen LogP contribution in [0.3, 0.4) is 0 Å². The molecule has 0 unspecified atom stereocenters. The molecule has 31 heavy (non-hydrogen) atoms. The number of fused-ring (bicyclic) bond motifs is 1. The zero-order valence-electron chi connectivity index (χ0n) is 16.4. The van der Waals surface area contributed by atoms with Crippen LogP contribution in [0.2, 0.25) is 5.02 Å². The lowest BCUT2D eigenvalue weighted by Crippen LogP contribution is -2.36. The lowest BCUT2D eigenvalue weighted by Gasteiger charge is -2.24. The standard InChI is InChI=1S/C20H19ClFN3O4S2/c1-29-14-5-3-13(4-6-14)25(20-24-17-10-31(27,28)11-18(17)30-20)9-19(26)23-12-2-7-16(22)15(21)8-12/h2-8,17-18H,9-11H2,1H3,(H,23,26)/t17-,18+/m1/s1.